The van der Waals surface area contributed by atoms with Gasteiger partial charge in [-0.25, -0.2) is 8.42 Å². The van der Waals surface area contributed by atoms with Crippen molar-refractivity contribution in [1.82, 2.24) is 4.90 Å². The van der Waals surface area contributed by atoms with Crippen LogP contribution in [0.25, 0.3) is 0 Å². The van der Waals surface area contributed by atoms with E-state index in [1.54, 1.807) is 39.5 Å². The number of nitrogens with zero attached hydrogens (tertiary/aromatic N) is 2. The van der Waals surface area contributed by atoms with Crippen molar-refractivity contribution in [2.45, 2.75) is 17.7 Å². The van der Waals surface area contributed by atoms with Crippen LogP contribution in [0.4, 0.5) is 0 Å². The number of ether oxygens (including phenoxy) is 2. The van der Waals surface area contributed by atoms with Crippen LogP contribution in [0.1, 0.15) is 5.56 Å². The Morgan fingerprint density at radius 1 is 1.28 bits per heavy atom. The lowest BCUT2D eigenvalue weighted by molar-refractivity contribution is -0.117. The Morgan fingerprint density at radius 3 is 2.64 bits per heavy atom. The number of rotatable bonds is 4. The summed E-state index contributed by atoms with van der Waals surface area (Å²) in [5.41, 5.74) is 0.778. The second-order valence-electron chi connectivity index (χ2n) is 6.07. The van der Waals surface area contributed by atoms with Gasteiger partial charge in [0.15, 0.2) is 26.5 Å². The number of aliphatic imine (C=N–C) groups is 1. The molecule has 0 spiro atoms. The zero-order valence-electron chi connectivity index (χ0n) is 14.3. The van der Waals surface area contributed by atoms with E-state index in [4.69, 9.17) is 9.47 Å². The number of carbonyl (C=O) groups excluding carboxylic acids is 1. The van der Waals surface area contributed by atoms with Crippen LogP contribution in [0, 0.1) is 0 Å². The largest absolute Gasteiger partial charge is 0.493 e. The molecule has 2 aliphatic rings. The van der Waals surface area contributed by atoms with Gasteiger partial charge in [-0.05, 0) is 17.7 Å². The molecular weight excluding hydrogens is 364 g/mol. The molecule has 2 heterocycles. The number of amidine groups is 1. The van der Waals surface area contributed by atoms with Gasteiger partial charge >= 0.3 is 0 Å². The topological polar surface area (TPSA) is 85.3 Å². The summed E-state index contributed by atoms with van der Waals surface area (Å²) in [6, 6.07) is 5.21. The normalized spacial score (nSPS) is 25.9. The van der Waals surface area contributed by atoms with Crippen molar-refractivity contribution in [2.75, 3.05) is 32.8 Å². The van der Waals surface area contributed by atoms with Crippen LogP contribution in [0.15, 0.2) is 23.2 Å². The Labute approximate surface area is 151 Å². The molecule has 2 aliphatic heterocycles. The summed E-state index contributed by atoms with van der Waals surface area (Å²) >= 11 is 1.38. The first-order valence-corrected chi connectivity index (χ1v) is 10.5. The fourth-order valence-corrected chi connectivity index (χ4v) is 7.06. The summed E-state index contributed by atoms with van der Waals surface area (Å²) in [4.78, 5) is 18.3. The minimum atomic E-state index is -2.98. The first-order chi connectivity index (χ1) is 11.8. The van der Waals surface area contributed by atoms with Gasteiger partial charge in [0, 0.05) is 12.3 Å². The van der Waals surface area contributed by atoms with Gasteiger partial charge in [-0.3, -0.25) is 4.79 Å². The molecule has 0 unspecified atom stereocenters. The second-order valence-corrected chi connectivity index (χ2v) is 9.43. The molecule has 1 amide bonds. The van der Waals surface area contributed by atoms with E-state index in [0.29, 0.717) is 16.7 Å². The molecule has 1 aromatic carbocycles. The average Bonchev–Trinajstić information content (AvgIpc) is 3.00. The number of fused-ring (bicyclic) bond motifs is 1. The first-order valence-electron chi connectivity index (χ1n) is 7.75. The minimum Gasteiger partial charge on any atom is -0.493 e. The molecule has 136 valence electrons. The van der Waals surface area contributed by atoms with Crippen LogP contribution < -0.4 is 9.47 Å². The molecule has 0 aliphatic carbocycles. The molecule has 0 saturated carbocycles. The van der Waals surface area contributed by atoms with Crippen LogP contribution in [-0.2, 0) is 21.1 Å². The number of amides is 1. The van der Waals surface area contributed by atoms with Crippen molar-refractivity contribution in [1.29, 1.82) is 0 Å². The Hall–Kier alpha value is -1.74. The second kappa shape index (κ2) is 6.87. The van der Waals surface area contributed by atoms with Crippen LogP contribution in [0.2, 0.25) is 0 Å². The number of sulfone groups is 1. The highest BCUT2D eigenvalue weighted by Crippen LogP contribution is 2.37. The van der Waals surface area contributed by atoms with Crippen LogP contribution in [-0.4, -0.2) is 68.5 Å². The van der Waals surface area contributed by atoms with E-state index in [0.717, 1.165) is 5.56 Å². The van der Waals surface area contributed by atoms with Crippen molar-refractivity contribution < 1.29 is 22.7 Å². The Bertz CT molecular complexity index is 822. The van der Waals surface area contributed by atoms with Crippen molar-refractivity contribution >= 4 is 32.7 Å². The van der Waals surface area contributed by atoms with Gasteiger partial charge in [0.2, 0.25) is 0 Å². The molecule has 0 aromatic heterocycles. The van der Waals surface area contributed by atoms with E-state index >= 15 is 0 Å². The fourth-order valence-electron chi connectivity index (χ4n) is 3.05. The molecule has 7 nitrogen and oxygen atoms in total. The highest BCUT2D eigenvalue weighted by atomic mass is 32.2. The summed E-state index contributed by atoms with van der Waals surface area (Å²) in [6.45, 7) is 0. The molecule has 0 bridgehead atoms. The third kappa shape index (κ3) is 3.77. The Morgan fingerprint density at radius 2 is 2.00 bits per heavy atom. The van der Waals surface area contributed by atoms with Gasteiger partial charge in [0.25, 0.3) is 5.91 Å². The van der Waals surface area contributed by atoms with E-state index in [1.807, 2.05) is 4.90 Å². The van der Waals surface area contributed by atoms with Crippen molar-refractivity contribution in [3.05, 3.63) is 23.8 Å². The van der Waals surface area contributed by atoms with E-state index in [9.17, 15) is 13.2 Å². The maximum atomic E-state index is 12.3. The van der Waals surface area contributed by atoms with Crippen LogP contribution >= 0.6 is 11.8 Å². The van der Waals surface area contributed by atoms with E-state index in [1.165, 1.54) is 11.8 Å². The van der Waals surface area contributed by atoms with Gasteiger partial charge in [-0.15, -0.1) is 0 Å². The monoisotopic (exact) mass is 384 g/mol. The van der Waals surface area contributed by atoms with E-state index in [-0.39, 0.29) is 35.1 Å². The summed E-state index contributed by atoms with van der Waals surface area (Å²) in [5, 5.41) is 0.554. The predicted octanol–water partition coefficient (Wildman–Crippen LogP) is 0.973. The first kappa shape index (κ1) is 18.1. The lowest BCUT2D eigenvalue weighted by Crippen LogP contribution is -2.34. The van der Waals surface area contributed by atoms with Crippen molar-refractivity contribution in [3.63, 3.8) is 0 Å². The van der Waals surface area contributed by atoms with Gasteiger partial charge < -0.3 is 14.4 Å². The zero-order valence-corrected chi connectivity index (χ0v) is 15.9. The molecule has 2 fully saturated rings. The summed E-state index contributed by atoms with van der Waals surface area (Å²) in [5.74, 6) is 1.17. The molecule has 9 heteroatoms. The molecule has 25 heavy (non-hydrogen) atoms. The SMILES string of the molecule is COc1ccc(CC(=O)N=C2S[C@H]3CS(=O)(=O)C[C@@H]3N2C)cc1OC. The van der Waals surface area contributed by atoms with Gasteiger partial charge in [-0.2, -0.15) is 4.99 Å². The maximum Gasteiger partial charge on any atom is 0.252 e. The molecular formula is C16H20N2O5S2. The maximum absolute atomic E-state index is 12.3. The molecule has 0 radical (unpaired) electrons. The lowest BCUT2D eigenvalue weighted by atomic mass is 10.1. The van der Waals surface area contributed by atoms with Gasteiger partial charge in [0.1, 0.15) is 0 Å². The third-order valence-electron chi connectivity index (χ3n) is 4.35. The van der Waals surface area contributed by atoms with E-state index in [2.05, 4.69) is 4.99 Å². The Balaban J connectivity index is 1.70. The zero-order chi connectivity index (χ0) is 18.2. The van der Waals surface area contributed by atoms with Crippen LogP contribution in [0.3, 0.4) is 0 Å². The number of hydrogen-bond donors (Lipinski definition) is 0. The fraction of sp³-hybridized carbons (Fsp3) is 0.500. The molecule has 2 atom stereocenters. The molecule has 3 rings (SSSR count). The highest BCUT2D eigenvalue weighted by Gasteiger charge is 2.47. The lowest BCUT2D eigenvalue weighted by Gasteiger charge is -2.17. The van der Waals surface area contributed by atoms with Gasteiger partial charge in [-0.1, -0.05) is 17.8 Å². The molecule has 0 N–H and O–H groups in total. The molecule has 2 saturated heterocycles. The predicted molar refractivity (Wildman–Crippen MR) is 97.3 cm³/mol. The summed E-state index contributed by atoms with van der Waals surface area (Å²) in [7, 11) is 1.91. The number of benzene rings is 1. The third-order valence-corrected chi connectivity index (χ3v) is 7.65. The van der Waals surface area contributed by atoms with Crippen molar-refractivity contribution in [3.8, 4) is 11.5 Å². The quantitative estimate of drug-likeness (QED) is 0.765. The smallest absolute Gasteiger partial charge is 0.252 e. The number of methoxy groups -OCH3 is 2. The summed E-state index contributed by atoms with van der Waals surface area (Å²) in [6.07, 6.45) is 0.145. The average molecular weight is 384 g/mol. The molecule has 1 aromatic rings. The Kier molecular flexibility index (Phi) is 4.97. The highest BCUT2D eigenvalue weighted by molar-refractivity contribution is 8.15. The van der Waals surface area contributed by atoms with Crippen molar-refractivity contribution in [2.24, 2.45) is 4.99 Å². The van der Waals surface area contributed by atoms with Crippen LogP contribution in [0.5, 0.6) is 11.5 Å². The number of hydrogen-bond acceptors (Lipinski definition) is 6. The number of thioether (sulfide) groups is 1. The summed E-state index contributed by atoms with van der Waals surface area (Å²) < 4.78 is 33.8. The minimum absolute atomic E-state index is 0.0392. The van der Waals surface area contributed by atoms with Gasteiger partial charge in [0.05, 0.1) is 38.2 Å². The number of carbonyl (C=O) groups is 1. The standard InChI is InChI=1S/C16H20N2O5S2/c1-18-11-8-25(20,21)9-14(11)24-16(18)17-15(19)7-10-4-5-12(22-2)13(6-10)23-3/h4-6,11,14H,7-9H2,1-3H3/t11-,14-/m0/s1. The van der Waals surface area contributed by atoms with E-state index < -0.39 is 9.84 Å².